The fraction of sp³-hybridized carbons (Fsp3) is 0.500. The molecule has 0 atom stereocenters. The maximum Gasteiger partial charge on any atom is 0.233 e. The Morgan fingerprint density at radius 1 is 0.800 bits per heavy atom. The smallest absolute Gasteiger partial charge is 0.233 e. The number of hydrogen-bond acceptors (Lipinski definition) is 5. The van der Waals surface area contributed by atoms with Crippen LogP contribution in [-0.4, -0.2) is 72.0 Å². The van der Waals surface area contributed by atoms with Gasteiger partial charge in [-0.2, -0.15) is 9.13 Å². The van der Waals surface area contributed by atoms with Gasteiger partial charge in [0.05, 0.1) is 37.0 Å². The number of benzene rings is 2. The molecule has 3 saturated heterocycles. The second-order valence-electron chi connectivity index (χ2n) is 12.2. The zero-order chi connectivity index (χ0) is 32.2. The first kappa shape index (κ1) is 35.0. The van der Waals surface area contributed by atoms with E-state index in [-0.39, 0.29) is 6.61 Å². The number of piperazine rings is 3. The molecule has 3 aromatic heterocycles. The number of rotatable bonds is 7. The summed E-state index contributed by atoms with van der Waals surface area (Å²) in [6.07, 6.45) is 11.3. The van der Waals surface area contributed by atoms with E-state index in [0.717, 1.165) is 23.5 Å². The van der Waals surface area contributed by atoms with Crippen molar-refractivity contribution in [2.24, 2.45) is 7.05 Å². The van der Waals surface area contributed by atoms with Crippen LogP contribution >= 0.6 is 22.7 Å². The monoisotopic (exact) mass is 650 g/mol. The predicted octanol–water partition coefficient (Wildman–Crippen LogP) is 4.39. The molecule has 45 heavy (non-hydrogen) atoms. The molecule has 2 N–H and O–H groups in total. The summed E-state index contributed by atoms with van der Waals surface area (Å²) in [4.78, 5) is 10.8. The van der Waals surface area contributed by atoms with Crippen molar-refractivity contribution in [2.45, 2.75) is 60.4 Å². The SMILES string of the molecule is CC.C[n+]1cc[n+](CCCO)cc1.Cc1ccc2sc(C)nc2c1.Cc1nc2ccc(CCC[N+]34CC[NH+](CC3)CC4)cc2s1. The van der Waals surface area contributed by atoms with Gasteiger partial charge in [0.25, 0.3) is 0 Å². The molecular weight excluding hydrogens is 597 g/mol. The molecule has 0 unspecified atom stereocenters. The Kier molecular flexibility index (Phi) is 13.4. The number of aryl methyl sites for hydroxylation is 6. The number of fused-ring (bicyclic) bond motifs is 5. The summed E-state index contributed by atoms with van der Waals surface area (Å²) < 4.78 is 8.08. The van der Waals surface area contributed by atoms with Crippen LogP contribution in [0.15, 0.2) is 61.2 Å². The average molecular weight is 651 g/mol. The van der Waals surface area contributed by atoms with E-state index in [1.165, 1.54) is 94.2 Å². The van der Waals surface area contributed by atoms with E-state index >= 15 is 0 Å². The molecule has 2 bridgehead atoms. The van der Waals surface area contributed by atoms with E-state index in [9.17, 15) is 0 Å². The first-order valence-electron chi connectivity index (χ1n) is 16.6. The van der Waals surface area contributed by atoms with Gasteiger partial charge in [-0.1, -0.05) is 26.0 Å². The van der Waals surface area contributed by atoms with Crippen LogP contribution in [0.3, 0.4) is 0 Å². The number of thiazole rings is 2. The van der Waals surface area contributed by atoms with Crippen molar-refractivity contribution in [1.82, 2.24) is 9.97 Å². The summed E-state index contributed by atoms with van der Waals surface area (Å²) >= 11 is 3.57. The van der Waals surface area contributed by atoms with Crippen molar-refractivity contribution in [1.29, 1.82) is 0 Å². The van der Waals surface area contributed by atoms with Crippen LogP contribution in [0.25, 0.3) is 20.4 Å². The zero-order valence-electron chi connectivity index (χ0n) is 28.3. The Morgan fingerprint density at radius 2 is 1.44 bits per heavy atom. The lowest BCUT2D eigenvalue weighted by Gasteiger charge is -2.48. The number of nitrogens with zero attached hydrogens (tertiary/aromatic N) is 5. The third-order valence-corrected chi connectivity index (χ3v) is 10.6. The Bertz CT molecular complexity index is 1590. The van der Waals surface area contributed by atoms with Gasteiger partial charge >= 0.3 is 0 Å². The molecule has 0 radical (unpaired) electrons. The van der Waals surface area contributed by atoms with Crippen molar-refractivity contribution in [3.8, 4) is 0 Å². The quantitative estimate of drug-likeness (QED) is 0.203. The number of aliphatic hydroxyl groups excluding tert-OH is 1. The second-order valence-corrected chi connectivity index (χ2v) is 14.6. The molecule has 0 aliphatic carbocycles. The van der Waals surface area contributed by atoms with E-state index in [1.54, 1.807) is 11.3 Å². The number of aromatic nitrogens is 4. The molecular formula is C36H54N6OS2+4. The van der Waals surface area contributed by atoms with Crippen LogP contribution in [0.4, 0.5) is 0 Å². The maximum atomic E-state index is 8.56. The van der Waals surface area contributed by atoms with E-state index in [0.29, 0.717) is 0 Å². The lowest BCUT2D eigenvalue weighted by Crippen LogP contribution is -3.19. The highest BCUT2D eigenvalue weighted by atomic mass is 32.1. The van der Waals surface area contributed by atoms with Crippen LogP contribution in [-0.2, 0) is 20.0 Å². The number of aliphatic hydroxyl groups is 1. The van der Waals surface area contributed by atoms with Crippen LogP contribution in [0.1, 0.15) is 47.8 Å². The molecule has 3 fully saturated rings. The highest BCUT2D eigenvalue weighted by molar-refractivity contribution is 7.18. The molecule has 3 aliphatic heterocycles. The first-order chi connectivity index (χ1) is 21.8. The minimum atomic E-state index is 0.258. The molecule has 2 aromatic carbocycles. The van der Waals surface area contributed by atoms with E-state index in [1.807, 2.05) is 73.4 Å². The summed E-state index contributed by atoms with van der Waals surface area (Å²) in [6, 6.07) is 13.2. The lowest BCUT2D eigenvalue weighted by atomic mass is 10.1. The maximum absolute atomic E-state index is 8.56. The van der Waals surface area contributed by atoms with Crippen LogP contribution in [0.2, 0.25) is 0 Å². The van der Waals surface area contributed by atoms with Gasteiger partial charge in [0.15, 0.2) is 6.54 Å². The molecule has 7 nitrogen and oxygen atoms in total. The molecule has 0 amide bonds. The standard InChI is InChI=1S/C17H24N3S.C9H9NS.C8H14N2O.C2H6/c1-14-18-16-5-4-15(13-17(16)21-14)3-2-9-20-10-6-19(7-11-20)8-12-20;1-6-3-4-9-8(5-6)10-7(2)11-9;1-9-4-6-10(7-5-9)3-2-8-11;1-2/h4-5,13H,2-3,6-12H2,1H3;3-5H,1-2H3;4-7,11H,2-3,8H2,1H3;1-2H3/q+1;;+2;/p+1. The van der Waals surface area contributed by atoms with Gasteiger partial charge in [-0.3, -0.25) is 0 Å². The van der Waals surface area contributed by atoms with Crippen molar-refractivity contribution < 1.29 is 23.6 Å². The minimum absolute atomic E-state index is 0.258. The highest BCUT2D eigenvalue weighted by Gasteiger charge is 2.40. The topological polar surface area (TPSA) is 58.2 Å². The van der Waals surface area contributed by atoms with E-state index < -0.39 is 0 Å². The van der Waals surface area contributed by atoms with Crippen LogP contribution in [0, 0.1) is 20.8 Å². The second kappa shape index (κ2) is 17.2. The number of nitrogens with one attached hydrogen (secondary N) is 1. The van der Waals surface area contributed by atoms with E-state index in [2.05, 4.69) is 64.8 Å². The third kappa shape index (κ3) is 10.3. The molecule has 5 aromatic rings. The minimum Gasteiger partial charge on any atom is -0.396 e. The summed E-state index contributed by atoms with van der Waals surface area (Å²) in [5.74, 6) is 0. The van der Waals surface area contributed by atoms with Crippen molar-refractivity contribution in [3.63, 3.8) is 0 Å². The Hall–Kier alpha value is -2.82. The molecule has 0 saturated carbocycles. The van der Waals surface area contributed by atoms with Gasteiger partial charge in [-0.25, -0.2) is 9.97 Å². The molecule has 6 heterocycles. The Labute approximate surface area is 278 Å². The summed E-state index contributed by atoms with van der Waals surface area (Å²) in [6.45, 7) is 21.2. The van der Waals surface area contributed by atoms with Gasteiger partial charge in [0.2, 0.25) is 24.8 Å². The van der Waals surface area contributed by atoms with Crippen molar-refractivity contribution in [2.75, 3.05) is 52.4 Å². The fourth-order valence-electron chi connectivity index (χ4n) is 6.13. The van der Waals surface area contributed by atoms with Gasteiger partial charge in [-0.05, 0) is 62.6 Å². The van der Waals surface area contributed by atoms with Gasteiger partial charge in [0, 0.05) is 19.4 Å². The first-order valence-corrected chi connectivity index (χ1v) is 18.3. The Balaban J connectivity index is 0.000000163. The van der Waals surface area contributed by atoms with Crippen molar-refractivity contribution in [3.05, 3.63) is 82.3 Å². The molecule has 3 aliphatic rings. The Morgan fingerprint density at radius 3 is 2.11 bits per heavy atom. The third-order valence-electron chi connectivity index (χ3n) is 8.69. The highest BCUT2D eigenvalue weighted by Crippen LogP contribution is 2.24. The molecule has 8 rings (SSSR count). The van der Waals surface area contributed by atoms with Crippen molar-refractivity contribution >= 4 is 43.1 Å². The number of quaternary nitrogens is 2. The summed E-state index contributed by atoms with van der Waals surface area (Å²) in [5.41, 5.74) is 5.07. The largest absolute Gasteiger partial charge is 0.396 e. The predicted molar refractivity (Wildman–Crippen MR) is 188 cm³/mol. The zero-order valence-corrected chi connectivity index (χ0v) is 29.9. The summed E-state index contributed by atoms with van der Waals surface area (Å²) in [5, 5.41) is 10.9. The summed E-state index contributed by atoms with van der Waals surface area (Å²) in [7, 11) is 1.98. The van der Waals surface area contributed by atoms with Gasteiger partial charge < -0.3 is 14.5 Å². The normalized spacial score (nSPS) is 18.4. The molecule has 0 spiro atoms. The van der Waals surface area contributed by atoms with Gasteiger partial charge in [-0.15, -0.1) is 22.7 Å². The molecule has 242 valence electrons. The lowest BCUT2D eigenvalue weighted by molar-refractivity contribution is -1.07. The fourth-order valence-corrected chi connectivity index (χ4v) is 7.82. The average Bonchev–Trinajstić information content (AvgIpc) is 3.62. The van der Waals surface area contributed by atoms with Gasteiger partial charge in [0.1, 0.15) is 46.3 Å². The van der Waals surface area contributed by atoms with Crippen LogP contribution in [0.5, 0.6) is 0 Å². The molecule has 9 heteroatoms. The van der Waals surface area contributed by atoms with Crippen LogP contribution < -0.4 is 14.0 Å². The van der Waals surface area contributed by atoms with E-state index in [4.69, 9.17) is 5.11 Å². The number of hydrogen-bond donors (Lipinski definition) is 2.